The SMILES string of the molecule is C1=C(c2ccccc2)C(CSc2ccccc2)CCCC1. The molecule has 0 aliphatic heterocycles. The Labute approximate surface area is 132 Å². The number of hydrogen-bond donors (Lipinski definition) is 0. The maximum Gasteiger partial charge on any atom is 0.00721 e. The van der Waals surface area contributed by atoms with Gasteiger partial charge in [0.05, 0.1) is 0 Å². The molecule has 2 aromatic carbocycles. The van der Waals surface area contributed by atoms with Crippen molar-refractivity contribution in [2.24, 2.45) is 5.92 Å². The molecule has 1 heteroatoms. The molecule has 0 spiro atoms. The van der Waals surface area contributed by atoms with Gasteiger partial charge in [-0.05, 0) is 48.4 Å². The van der Waals surface area contributed by atoms with E-state index in [1.807, 2.05) is 11.8 Å². The Morgan fingerprint density at radius 2 is 1.57 bits per heavy atom. The fraction of sp³-hybridized carbons (Fsp3) is 0.300. The van der Waals surface area contributed by atoms with Gasteiger partial charge in [0, 0.05) is 10.6 Å². The highest BCUT2D eigenvalue weighted by Gasteiger charge is 2.18. The molecule has 1 unspecified atom stereocenters. The Morgan fingerprint density at radius 3 is 2.33 bits per heavy atom. The van der Waals surface area contributed by atoms with Crippen LogP contribution in [0.2, 0.25) is 0 Å². The molecule has 0 radical (unpaired) electrons. The molecule has 0 nitrogen and oxygen atoms in total. The molecule has 2 aromatic rings. The zero-order chi connectivity index (χ0) is 14.3. The first-order valence-corrected chi connectivity index (χ1v) is 8.85. The number of hydrogen-bond acceptors (Lipinski definition) is 1. The minimum absolute atomic E-state index is 0.681. The maximum atomic E-state index is 2.48. The Morgan fingerprint density at radius 1 is 0.857 bits per heavy atom. The second kappa shape index (κ2) is 7.51. The molecular formula is C20H22S. The van der Waals surface area contributed by atoms with Crippen LogP contribution in [-0.4, -0.2) is 5.75 Å². The van der Waals surface area contributed by atoms with E-state index < -0.39 is 0 Å². The van der Waals surface area contributed by atoms with Crippen molar-refractivity contribution in [3.8, 4) is 0 Å². The van der Waals surface area contributed by atoms with Crippen molar-refractivity contribution in [2.75, 3.05) is 5.75 Å². The second-order valence-electron chi connectivity index (χ2n) is 5.63. The molecule has 0 saturated carbocycles. The lowest BCUT2D eigenvalue weighted by molar-refractivity contribution is 0.621. The summed E-state index contributed by atoms with van der Waals surface area (Å²) in [6, 6.07) is 21.7. The van der Waals surface area contributed by atoms with Crippen molar-refractivity contribution < 1.29 is 0 Å². The molecule has 0 saturated heterocycles. The minimum atomic E-state index is 0.681. The summed E-state index contributed by atoms with van der Waals surface area (Å²) in [4.78, 5) is 1.38. The van der Waals surface area contributed by atoms with E-state index in [1.54, 1.807) is 5.57 Å². The smallest absolute Gasteiger partial charge is 0.00721 e. The van der Waals surface area contributed by atoms with E-state index in [1.165, 1.54) is 41.9 Å². The van der Waals surface area contributed by atoms with Crippen LogP contribution in [0.25, 0.3) is 5.57 Å². The highest BCUT2D eigenvalue weighted by Crippen LogP contribution is 2.35. The van der Waals surface area contributed by atoms with E-state index in [4.69, 9.17) is 0 Å². The van der Waals surface area contributed by atoms with Crippen molar-refractivity contribution >= 4 is 17.3 Å². The first kappa shape index (κ1) is 14.5. The number of benzene rings is 2. The van der Waals surface area contributed by atoms with Crippen LogP contribution in [-0.2, 0) is 0 Å². The van der Waals surface area contributed by atoms with Gasteiger partial charge >= 0.3 is 0 Å². The lowest BCUT2D eigenvalue weighted by Gasteiger charge is -2.19. The lowest BCUT2D eigenvalue weighted by atomic mass is 9.91. The third-order valence-electron chi connectivity index (χ3n) is 4.11. The summed E-state index contributed by atoms with van der Waals surface area (Å²) in [5.74, 6) is 1.87. The molecule has 0 N–H and O–H groups in total. The Balaban J connectivity index is 1.74. The van der Waals surface area contributed by atoms with Crippen molar-refractivity contribution in [1.82, 2.24) is 0 Å². The van der Waals surface area contributed by atoms with Crippen LogP contribution in [0.3, 0.4) is 0 Å². The predicted molar refractivity (Wildman–Crippen MR) is 93.5 cm³/mol. The van der Waals surface area contributed by atoms with Gasteiger partial charge in [-0.2, -0.15) is 0 Å². The van der Waals surface area contributed by atoms with Gasteiger partial charge in [0.15, 0.2) is 0 Å². The van der Waals surface area contributed by atoms with Crippen LogP contribution in [0.4, 0.5) is 0 Å². The van der Waals surface area contributed by atoms with Crippen LogP contribution in [0.1, 0.15) is 31.2 Å². The molecule has 0 amide bonds. The summed E-state index contributed by atoms with van der Waals surface area (Å²) in [6.45, 7) is 0. The van der Waals surface area contributed by atoms with Crippen molar-refractivity contribution in [2.45, 2.75) is 30.6 Å². The molecule has 0 bridgehead atoms. The van der Waals surface area contributed by atoms with Crippen LogP contribution in [0.5, 0.6) is 0 Å². The zero-order valence-corrected chi connectivity index (χ0v) is 13.2. The van der Waals surface area contributed by atoms with Crippen LogP contribution in [0.15, 0.2) is 71.6 Å². The highest BCUT2D eigenvalue weighted by atomic mass is 32.2. The molecule has 0 aromatic heterocycles. The molecule has 0 fully saturated rings. The largest absolute Gasteiger partial charge is 0.126 e. The van der Waals surface area contributed by atoms with Gasteiger partial charge in [-0.15, -0.1) is 11.8 Å². The molecule has 108 valence electrons. The third kappa shape index (κ3) is 4.01. The van der Waals surface area contributed by atoms with Crippen molar-refractivity contribution in [1.29, 1.82) is 0 Å². The molecule has 1 atom stereocenters. The first-order valence-electron chi connectivity index (χ1n) is 7.87. The quantitative estimate of drug-likeness (QED) is 0.618. The molecule has 21 heavy (non-hydrogen) atoms. The van der Waals surface area contributed by atoms with Crippen molar-refractivity contribution in [3.05, 3.63) is 72.3 Å². The second-order valence-corrected chi connectivity index (χ2v) is 6.72. The molecule has 1 aliphatic rings. The normalized spacial score (nSPS) is 18.9. The molecular weight excluding hydrogens is 272 g/mol. The molecule has 1 aliphatic carbocycles. The average molecular weight is 294 g/mol. The van der Waals surface area contributed by atoms with E-state index >= 15 is 0 Å². The van der Waals surface area contributed by atoms with Gasteiger partial charge in [-0.3, -0.25) is 0 Å². The highest BCUT2D eigenvalue weighted by molar-refractivity contribution is 7.99. The van der Waals surface area contributed by atoms with Gasteiger partial charge < -0.3 is 0 Å². The number of thioether (sulfide) groups is 1. The fourth-order valence-electron chi connectivity index (χ4n) is 2.99. The minimum Gasteiger partial charge on any atom is -0.126 e. The average Bonchev–Trinajstić information content (AvgIpc) is 2.80. The van der Waals surface area contributed by atoms with Gasteiger partial charge in [-0.25, -0.2) is 0 Å². The summed E-state index contributed by atoms with van der Waals surface area (Å²) in [6.07, 6.45) is 7.73. The van der Waals surface area contributed by atoms with Gasteiger partial charge in [0.25, 0.3) is 0 Å². The van der Waals surface area contributed by atoms with Gasteiger partial charge in [0.1, 0.15) is 0 Å². The molecule has 0 heterocycles. The summed E-state index contributed by atoms with van der Waals surface area (Å²) < 4.78 is 0. The first-order chi connectivity index (χ1) is 10.4. The number of allylic oxidation sites excluding steroid dienone is 2. The van der Waals surface area contributed by atoms with E-state index in [2.05, 4.69) is 66.7 Å². The van der Waals surface area contributed by atoms with E-state index in [-0.39, 0.29) is 0 Å². The van der Waals surface area contributed by atoms with Crippen LogP contribution < -0.4 is 0 Å². The van der Waals surface area contributed by atoms with E-state index in [0.29, 0.717) is 5.92 Å². The van der Waals surface area contributed by atoms with E-state index in [0.717, 1.165) is 0 Å². The summed E-state index contributed by atoms with van der Waals surface area (Å²) >= 11 is 1.99. The lowest BCUT2D eigenvalue weighted by Crippen LogP contribution is -2.06. The molecule has 3 rings (SSSR count). The van der Waals surface area contributed by atoms with E-state index in [9.17, 15) is 0 Å². The summed E-state index contributed by atoms with van der Waals surface area (Å²) in [5, 5.41) is 0. The maximum absolute atomic E-state index is 2.48. The standard InChI is InChI=1S/C20H22S/c1-4-10-17(11-5-1)20-15-9-2-6-12-18(20)16-21-19-13-7-3-8-14-19/h1,3-5,7-8,10-11,13-15,18H,2,6,9,12,16H2. The Bertz CT molecular complexity index is 571. The van der Waals surface area contributed by atoms with Crippen LogP contribution in [0, 0.1) is 5.92 Å². The number of rotatable bonds is 4. The van der Waals surface area contributed by atoms with Crippen molar-refractivity contribution in [3.63, 3.8) is 0 Å². The fourth-order valence-corrected chi connectivity index (χ4v) is 4.08. The topological polar surface area (TPSA) is 0 Å². The van der Waals surface area contributed by atoms with Crippen LogP contribution >= 0.6 is 11.8 Å². The summed E-state index contributed by atoms with van der Waals surface area (Å²) in [7, 11) is 0. The monoisotopic (exact) mass is 294 g/mol. The Hall–Kier alpha value is -1.47. The summed E-state index contributed by atoms with van der Waals surface area (Å²) in [5.41, 5.74) is 2.98. The predicted octanol–water partition coefficient (Wildman–Crippen LogP) is 6.05. The Kier molecular flexibility index (Phi) is 5.18. The zero-order valence-electron chi connectivity index (χ0n) is 12.4. The van der Waals surface area contributed by atoms with Gasteiger partial charge in [0.2, 0.25) is 0 Å². The third-order valence-corrected chi connectivity index (χ3v) is 5.29. The van der Waals surface area contributed by atoms with Gasteiger partial charge in [-0.1, -0.05) is 61.0 Å².